The zero-order valence-electron chi connectivity index (χ0n) is 19.1. The smallest absolute Gasteiger partial charge is 0.320 e. The summed E-state index contributed by atoms with van der Waals surface area (Å²) in [5, 5.41) is 5.63. The molecule has 2 aliphatic rings. The number of piperidine rings is 1. The Morgan fingerprint density at radius 1 is 1.20 bits per heavy atom. The van der Waals surface area contributed by atoms with Crippen molar-refractivity contribution in [2.24, 2.45) is 5.41 Å². The Hall–Kier alpha value is -2.25. The number of rotatable bonds is 6. The minimum atomic E-state index is -0.355. The highest BCUT2D eigenvalue weighted by Gasteiger charge is 2.27. The molecule has 2 heterocycles. The summed E-state index contributed by atoms with van der Waals surface area (Å²) < 4.78 is 5.82. The van der Waals surface area contributed by atoms with Crippen molar-refractivity contribution >= 4 is 11.7 Å². The molecule has 2 aliphatic heterocycles. The van der Waals surface area contributed by atoms with E-state index in [1.807, 2.05) is 44.2 Å². The van der Waals surface area contributed by atoms with Gasteiger partial charge in [-0.25, -0.2) is 4.79 Å². The van der Waals surface area contributed by atoms with E-state index in [1.165, 1.54) is 32.4 Å². The van der Waals surface area contributed by atoms with Gasteiger partial charge in [-0.3, -0.25) is 4.90 Å². The lowest BCUT2D eigenvalue weighted by Gasteiger charge is -2.26. The highest BCUT2D eigenvalue weighted by atomic mass is 16.7. The van der Waals surface area contributed by atoms with E-state index in [1.54, 1.807) is 0 Å². The van der Waals surface area contributed by atoms with Crippen molar-refractivity contribution in [1.29, 1.82) is 0 Å². The molecule has 1 atom stereocenters. The van der Waals surface area contributed by atoms with Crippen LogP contribution in [-0.4, -0.2) is 43.3 Å². The number of hydroxylamine groups is 1. The van der Waals surface area contributed by atoms with Gasteiger partial charge in [-0.05, 0) is 56.3 Å². The van der Waals surface area contributed by atoms with Gasteiger partial charge >= 0.3 is 6.03 Å². The maximum Gasteiger partial charge on any atom is 0.320 e. The summed E-state index contributed by atoms with van der Waals surface area (Å²) in [5.41, 5.74) is 3.40. The van der Waals surface area contributed by atoms with E-state index in [0.29, 0.717) is 12.3 Å². The quantitative estimate of drug-likeness (QED) is 0.603. The van der Waals surface area contributed by atoms with Crippen LogP contribution in [0.25, 0.3) is 0 Å². The number of hydrogen-bond acceptors (Lipinski definition) is 5. The predicted molar refractivity (Wildman–Crippen MR) is 126 cm³/mol. The second kappa shape index (κ2) is 11.8. The van der Waals surface area contributed by atoms with Gasteiger partial charge in [0.05, 0.1) is 0 Å². The number of hydrogen-bond donors (Lipinski definition) is 3. The number of allylic oxidation sites excluding steroid dienone is 1. The van der Waals surface area contributed by atoms with Crippen molar-refractivity contribution in [2.75, 3.05) is 31.6 Å². The molecule has 0 spiro atoms. The fraction of sp³-hybridized carbons (Fsp3) is 0.609. The predicted octanol–water partition coefficient (Wildman–Crippen LogP) is 4.98. The number of anilines is 1. The molecule has 0 aliphatic carbocycles. The molecule has 7 heteroatoms. The van der Waals surface area contributed by atoms with Gasteiger partial charge in [-0.2, -0.15) is 0 Å². The van der Waals surface area contributed by atoms with Gasteiger partial charge in [-0.1, -0.05) is 41.0 Å². The van der Waals surface area contributed by atoms with Crippen LogP contribution in [-0.2, 0) is 4.84 Å². The Kier molecular flexibility index (Phi) is 9.46. The molecular weight excluding hydrogens is 380 g/mol. The summed E-state index contributed by atoms with van der Waals surface area (Å²) in [4.78, 5) is 20.0. The molecule has 2 amide bonds. The van der Waals surface area contributed by atoms with Gasteiger partial charge in [-0.15, -0.1) is 5.48 Å². The number of carbonyl (C=O) groups excluding carboxylic acids is 1. The maximum atomic E-state index is 12.2. The molecule has 0 bridgehead atoms. The Bertz CT molecular complexity index is 687. The molecule has 1 saturated heterocycles. The van der Waals surface area contributed by atoms with Gasteiger partial charge in [0.1, 0.15) is 24.3 Å². The van der Waals surface area contributed by atoms with Crippen LogP contribution in [0.1, 0.15) is 56.7 Å². The summed E-state index contributed by atoms with van der Waals surface area (Å²) in [5.74, 6) is 1.62. The van der Waals surface area contributed by atoms with Crippen LogP contribution >= 0.6 is 0 Å². The highest BCUT2D eigenvalue weighted by molar-refractivity contribution is 5.89. The van der Waals surface area contributed by atoms with E-state index in [0.717, 1.165) is 18.1 Å². The van der Waals surface area contributed by atoms with E-state index < -0.39 is 0 Å². The lowest BCUT2D eigenvalue weighted by molar-refractivity contribution is 0.0755. The van der Waals surface area contributed by atoms with Crippen molar-refractivity contribution in [3.8, 4) is 5.75 Å². The average Bonchev–Trinajstić information content (AvgIpc) is 3.20. The van der Waals surface area contributed by atoms with Crippen molar-refractivity contribution in [3.05, 3.63) is 36.1 Å². The van der Waals surface area contributed by atoms with Crippen molar-refractivity contribution < 1.29 is 17.2 Å². The van der Waals surface area contributed by atoms with Crippen molar-refractivity contribution in [2.45, 2.75) is 60.0 Å². The Morgan fingerprint density at radius 2 is 1.87 bits per heavy atom. The first-order valence-electron chi connectivity index (χ1n) is 11.1. The van der Waals surface area contributed by atoms with Crippen LogP contribution in [0.4, 0.5) is 10.5 Å². The zero-order chi connectivity index (χ0) is 22.0. The summed E-state index contributed by atoms with van der Waals surface area (Å²) in [6, 6.07) is 7.13. The molecular formula is C23H42N4O3. The Balaban J connectivity index is 0.00000234. The molecule has 3 rings (SSSR count). The second-order valence-electron chi connectivity index (χ2n) is 8.35. The van der Waals surface area contributed by atoms with E-state index in [9.17, 15) is 4.79 Å². The molecule has 7 nitrogen and oxygen atoms in total. The van der Waals surface area contributed by atoms with Crippen LogP contribution in [0, 0.1) is 5.41 Å². The lowest BCUT2D eigenvalue weighted by Crippen LogP contribution is -2.43. The number of likely N-dealkylation sites (tertiary alicyclic amines) is 1. The molecule has 1 aromatic rings. The standard InChI is InChI=1S/C21H32N4O3.C2H6.2H2/c1-21(2,3)18-15-19(24-28-18)23-20(26)22-16-7-9-17(10-8-16)27-14-13-25-11-5-4-6-12-25;1-2;;/h7-10,15,19,24H,4-6,11-14H2,1-3H3,(H2,22,23,26);1-2H3;2*1H. The topological polar surface area (TPSA) is 74.9 Å². The lowest BCUT2D eigenvalue weighted by atomic mass is 9.94. The molecule has 1 unspecified atom stereocenters. The van der Waals surface area contributed by atoms with Crippen molar-refractivity contribution in [3.63, 3.8) is 0 Å². The molecule has 3 N–H and O–H groups in total. The molecule has 30 heavy (non-hydrogen) atoms. The minimum absolute atomic E-state index is 0. The van der Waals surface area contributed by atoms with E-state index in [4.69, 9.17) is 9.57 Å². The summed E-state index contributed by atoms with van der Waals surface area (Å²) in [6.07, 6.45) is 5.44. The third-order valence-corrected chi connectivity index (χ3v) is 4.88. The molecule has 172 valence electrons. The van der Waals surface area contributed by atoms with Gasteiger partial charge in [0.2, 0.25) is 0 Å². The fourth-order valence-corrected chi connectivity index (χ4v) is 3.24. The first-order chi connectivity index (χ1) is 14.4. The number of ether oxygens (including phenoxy) is 1. The van der Waals surface area contributed by atoms with Gasteiger partial charge in [0, 0.05) is 20.5 Å². The largest absolute Gasteiger partial charge is 0.492 e. The fourth-order valence-electron chi connectivity index (χ4n) is 3.24. The number of nitrogens with zero attached hydrogens (tertiary/aromatic N) is 1. The average molecular weight is 423 g/mol. The first kappa shape index (κ1) is 24.0. The number of amides is 2. The molecule has 1 aromatic carbocycles. The monoisotopic (exact) mass is 422 g/mol. The van der Waals surface area contributed by atoms with Crippen LogP contribution in [0.3, 0.4) is 0 Å². The van der Waals surface area contributed by atoms with Gasteiger partial charge < -0.3 is 20.2 Å². The maximum absolute atomic E-state index is 12.2. The molecule has 1 fully saturated rings. The van der Waals surface area contributed by atoms with E-state index in [2.05, 4.69) is 41.8 Å². The number of carbonyl (C=O) groups is 1. The minimum Gasteiger partial charge on any atom is -0.492 e. The summed E-state index contributed by atoms with van der Waals surface area (Å²) in [6.45, 7) is 14.2. The van der Waals surface area contributed by atoms with Gasteiger partial charge in [0.25, 0.3) is 0 Å². The van der Waals surface area contributed by atoms with Crippen LogP contribution in [0.5, 0.6) is 5.75 Å². The normalized spacial score (nSPS) is 19.1. The number of benzene rings is 1. The van der Waals surface area contributed by atoms with Crippen LogP contribution in [0.15, 0.2) is 36.1 Å². The number of urea groups is 1. The van der Waals surface area contributed by atoms with Crippen LogP contribution < -0.4 is 20.9 Å². The first-order valence-corrected chi connectivity index (χ1v) is 11.1. The zero-order valence-corrected chi connectivity index (χ0v) is 19.1. The second-order valence-corrected chi connectivity index (χ2v) is 8.35. The molecule has 0 radical (unpaired) electrons. The Labute approximate surface area is 184 Å². The third kappa shape index (κ3) is 7.88. The van der Waals surface area contributed by atoms with Crippen LogP contribution in [0.2, 0.25) is 0 Å². The highest BCUT2D eigenvalue weighted by Crippen LogP contribution is 2.28. The molecule has 0 saturated carbocycles. The molecule has 0 aromatic heterocycles. The summed E-state index contributed by atoms with van der Waals surface area (Å²) in [7, 11) is 0. The SMILES string of the molecule is CC.CC(C)(C)C1=CC(NC(=O)Nc2ccc(OCCN3CCCCC3)cc2)NO1.[HH].[HH]. The van der Waals surface area contributed by atoms with Gasteiger partial charge in [0.15, 0.2) is 0 Å². The third-order valence-electron chi connectivity index (χ3n) is 4.88. The van der Waals surface area contributed by atoms with Crippen molar-refractivity contribution in [1.82, 2.24) is 15.7 Å². The van der Waals surface area contributed by atoms with E-state index in [-0.39, 0.29) is 20.5 Å². The Morgan fingerprint density at radius 3 is 2.47 bits per heavy atom. The summed E-state index contributed by atoms with van der Waals surface area (Å²) >= 11 is 0. The van der Waals surface area contributed by atoms with E-state index >= 15 is 0 Å². The number of nitrogens with one attached hydrogen (secondary N) is 3.